The van der Waals surface area contributed by atoms with Gasteiger partial charge in [0.25, 0.3) is 0 Å². The molecular formula is C7H9NO3. The van der Waals surface area contributed by atoms with Gasteiger partial charge in [0, 0.05) is 12.5 Å². The van der Waals surface area contributed by atoms with Gasteiger partial charge in [0.15, 0.2) is 0 Å². The molecule has 0 amide bonds. The molecule has 1 aromatic heterocycles. The van der Waals surface area contributed by atoms with E-state index in [0.29, 0.717) is 12.1 Å². The van der Waals surface area contributed by atoms with E-state index >= 15 is 0 Å². The van der Waals surface area contributed by atoms with Crippen molar-refractivity contribution in [2.75, 3.05) is 0 Å². The molecule has 0 bridgehead atoms. The maximum absolute atomic E-state index is 10.7. The molecule has 0 spiro atoms. The van der Waals surface area contributed by atoms with Gasteiger partial charge >= 0.3 is 11.9 Å². The van der Waals surface area contributed by atoms with Crippen LogP contribution in [0.2, 0.25) is 0 Å². The summed E-state index contributed by atoms with van der Waals surface area (Å²) < 4.78 is 9.36. The van der Waals surface area contributed by atoms with E-state index in [1.165, 1.54) is 0 Å². The van der Waals surface area contributed by atoms with Gasteiger partial charge in [-0.1, -0.05) is 12.1 Å². The van der Waals surface area contributed by atoms with Crippen molar-refractivity contribution in [2.24, 2.45) is 0 Å². The van der Waals surface area contributed by atoms with Crippen LogP contribution in [0.15, 0.2) is 10.6 Å². The Bertz CT molecular complexity index is 254. The molecule has 1 aromatic rings. The van der Waals surface area contributed by atoms with Gasteiger partial charge in [0.05, 0.1) is 5.69 Å². The lowest BCUT2D eigenvalue weighted by Gasteiger charge is -1.93. The summed E-state index contributed by atoms with van der Waals surface area (Å²) in [5, 5.41) is 3.55. The Labute approximate surface area is 64.1 Å². The normalized spacial score (nSPS) is 9.64. The first kappa shape index (κ1) is 7.78. The van der Waals surface area contributed by atoms with Gasteiger partial charge in [-0.15, -0.1) is 0 Å². The lowest BCUT2D eigenvalue weighted by atomic mass is 10.5. The van der Waals surface area contributed by atoms with E-state index in [2.05, 4.69) is 9.68 Å². The van der Waals surface area contributed by atoms with Crippen molar-refractivity contribution < 1.29 is 14.1 Å². The Morgan fingerprint density at radius 2 is 2.55 bits per heavy atom. The van der Waals surface area contributed by atoms with Gasteiger partial charge in [0.2, 0.25) is 0 Å². The standard InChI is InChI=1S/C7H9NO3/c1-3-6(9)10-7-4-5(2)8-11-7/h4H,3H2,1-2H3. The highest BCUT2D eigenvalue weighted by atomic mass is 16.6. The molecule has 1 heterocycles. The number of hydrogen-bond donors (Lipinski definition) is 0. The number of carbonyl (C=O) groups is 1. The summed E-state index contributed by atoms with van der Waals surface area (Å²) in [5.41, 5.74) is 0.698. The zero-order valence-corrected chi connectivity index (χ0v) is 6.46. The van der Waals surface area contributed by atoms with Crippen molar-refractivity contribution >= 4 is 5.97 Å². The van der Waals surface area contributed by atoms with Gasteiger partial charge in [-0.3, -0.25) is 4.79 Å². The second-order valence-electron chi connectivity index (χ2n) is 2.11. The molecule has 11 heavy (non-hydrogen) atoms. The number of rotatable bonds is 2. The third kappa shape index (κ3) is 2.07. The Morgan fingerprint density at radius 3 is 3.00 bits per heavy atom. The van der Waals surface area contributed by atoms with Crippen LogP contribution in [0.25, 0.3) is 0 Å². The van der Waals surface area contributed by atoms with Gasteiger partial charge < -0.3 is 9.26 Å². The van der Waals surface area contributed by atoms with Crippen LogP contribution in [0.5, 0.6) is 5.95 Å². The van der Waals surface area contributed by atoms with Gasteiger partial charge in [-0.2, -0.15) is 0 Å². The van der Waals surface area contributed by atoms with E-state index in [0.717, 1.165) is 0 Å². The average Bonchev–Trinajstić information content (AvgIpc) is 2.35. The monoisotopic (exact) mass is 155 g/mol. The van der Waals surface area contributed by atoms with Crippen LogP contribution in [0.1, 0.15) is 19.0 Å². The molecule has 0 aromatic carbocycles. The minimum Gasteiger partial charge on any atom is -0.391 e. The summed E-state index contributed by atoms with van der Waals surface area (Å²) >= 11 is 0. The summed E-state index contributed by atoms with van der Waals surface area (Å²) in [6, 6.07) is 1.56. The fraction of sp³-hybridized carbons (Fsp3) is 0.429. The quantitative estimate of drug-likeness (QED) is 0.604. The second-order valence-corrected chi connectivity index (χ2v) is 2.11. The van der Waals surface area contributed by atoms with E-state index in [-0.39, 0.29) is 11.9 Å². The minimum absolute atomic E-state index is 0.161. The Morgan fingerprint density at radius 1 is 1.82 bits per heavy atom. The van der Waals surface area contributed by atoms with E-state index in [9.17, 15) is 4.79 Å². The summed E-state index contributed by atoms with van der Waals surface area (Å²) in [6.07, 6.45) is 0.333. The topological polar surface area (TPSA) is 52.3 Å². The highest BCUT2D eigenvalue weighted by Gasteiger charge is 2.05. The molecule has 0 radical (unpaired) electrons. The van der Waals surface area contributed by atoms with Crippen molar-refractivity contribution in [1.29, 1.82) is 0 Å². The number of aryl methyl sites for hydroxylation is 1. The van der Waals surface area contributed by atoms with E-state index in [4.69, 9.17) is 4.74 Å². The molecule has 0 atom stereocenters. The largest absolute Gasteiger partial charge is 0.391 e. The zero-order valence-electron chi connectivity index (χ0n) is 6.46. The number of aromatic nitrogens is 1. The lowest BCUT2D eigenvalue weighted by molar-refractivity contribution is -0.135. The highest BCUT2D eigenvalue weighted by Crippen LogP contribution is 2.11. The molecule has 0 saturated heterocycles. The van der Waals surface area contributed by atoms with Crippen molar-refractivity contribution in [3.8, 4) is 5.95 Å². The van der Waals surface area contributed by atoms with E-state index in [1.54, 1.807) is 19.9 Å². The second kappa shape index (κ2) is 3.18. The third-order valence-electron chi connectivity index (χ3n) is 1.11. The van der Waals surface area contributed by atoms with Crippen molar-refractivity contribution in [1.82, 2.24) is 5.16 Å². The minimum atomic E-state index is -0.318. The zero-order chi connectivity index (χ0) is 8.27. The van der Waals surface area contributed by atoms with E-state index in [1.807, 2.05) is 0 Å². The molecule has 0 aliphatic rings. The third-order valence-corrected chi connectivity index (χ3v) is 1.11. The van der Waals surface area contributed by atoms with Crippen LogP contribution in [-0.4, -0.2) is 11.1 Å². The van der Waals surface area contributed by atoms with Crippen LogP contribution in [0.3, 0.4) is 0 Å². The van der Waals surface area contributed by atoms with Crippen molar-refractivity contribution in [3.05, 3.63) is 11.8 Å². The molecule has 0 N–H and O–H groups in total. The Balaban J connectivity index is 2.57. The molecule has 0 fully saturated rings. The summed E-state index contributed by atoms with van der Waals surface area (Å²) in [5.74, 6) is -0.157. The fourth-order valence-electron chi connectivity index (χ4n) is 0.573. The first-order valence-electron chi connectivity index (χ1n) is 3.36. The molecular weight excluding hydrogens is 146 g/mol. The first-order chi connectivity index (χ1) is 5.22. The number of ether oxygens (including phenoxy) is 1. The molecule has 0 unspecified atom stereocenters. The molecule has 60 valence electrons. The predicted octanol–water partition coefficient (Wildman–Crippen LogP) is 1.30. The van der Waals surface area contributed by atoms with Crippen LogP contribution in [0, 0.1) is 6.92 Å². The first-order valence-corrected chi connectivity index (χ1v) is 3.36. The number of carbonyl (C=O) groups excluding carboxylic acids is 1. The molecule has 0 aliphatic carbocycles. The highest BCUT2D eigenvalue weighted by molar-refractivity contribution is 5.71. The van der Waals surface area contributed by atoms with Crippen LogP contribution >= 0.6 is 0 Å². The van der Waals surface area contributed by atoms with Gasteiger partial charge in [0.1, 0.15) is 0 Å². The van der Waals surface area contributed by atoms with Crippen molar-refractivity contribution in [3.63, 3.8) is 0 Å². The molecule has 4 nitrogen and oxygen atoms in total. The maximum Gasteiger partial charge on any atom is 0.319 e. The molecule has 0 aliphatic heterocycles. The summed E-state index contributed by atoms with van der Waals surface area (Å²) in [4.78, 5) is 10.7. The Kier molecular flexibility index (Phi) is 2.25. The maximum atomic E-state index is 10.7. The SMILES string of the molecule is CCC(=O)Oc1cc(C)no1. The van der Waals surface area contributed by atoms with Crippen molar-refractivity contribution in [2.45, 2.75) is 20.3 Å². The number of nitrogens with zero attached hydrogens (tertiary/aromatic N) is 1. The lowest BCUT2D eigenvalue weighted by Crippen LogP contribution is -2.04. The molecule has 4 heteroatoms. The number of hydrogen-bond acceptors (Lipinski definition) is 4. The van der Waals surface area contributed by atoms with Gasteiger partial charge in [-0.05, 0) is 6.92 Å². The van der Waals surface area contributed by atoms with Crippen LogP contribution < -0.4 is 4.74 Å². The fourth-order valence-corrected chi connectivity index (χ4v) is 0.573. The molecule has 1 rings (SSSR count). The van der Waals surface area contributed by atoms with Gasteiger partial charge in [-0.25, -0.2) is 0 Å². The predicted molar refractivity (Wildman–Crippen MR) is 37.2 cm³/mol. The number of esters is 1. The Hall–Kier alpha value is -1.32. The summed E-state index contributed by atoms with van der Waals surface area (Å²) in [7, 11) is 0. The van der Waals surface area contributed by atoms with E-state index < -0.39 is 0 Å². The van der Waals surface area contributed by atoms with Crippen LogP contribution in [0.4, 0.5) is 0 Å². The van der Waals surface area contributed by atoms with Crippen LogP contribution in [-0.2, 0) is 4.79 Å². The average molecular weight is 155 g/mol. The smallest absolute Gasteiger partial charge is 0.319 e. The molecule has 0 saturated carbocycles. The summed E-state index contributed by atoms with van der Waals surface area (Å²) in [6.45, 7) is 3.47.